The Balaban J connectivity index is 1.27. The summed E-state index contributed by atoms with van der Waals surface area (Å²) in [5, 5.41) is 13.0. The predicted octanol–water partition coefficient (Wildman–Crippen LogP) is 10.7. The van der Waals surface area contributed by atoms with Gasteiger partial charge in [-0.25, -0.2) is 4.79 Å². The van der Waals surface area contributed by atoms with Crippen molar-refractivity contribution in [2.45, 2.75) is 89.0 Å². The van der Waals surface area contributed by atoms with E-state index in [4.69, 9.17) is 20.8 Å². The second-order valence-corrected chi connectivity index (χ2v) is 16.2. The van der Waals surface area contributed by atoms with Crippen LogP contribution in [-0.4, -0.2) is 46.7 Å². The fraction of sp³-hybridized carbons (Fsp3) is 0.415. The third-order valence-electron chi connectivity index (χ3n) is 11.5. The highest BCUT2D eigenvalue weighted by atomic mass is 35.5. The number of ether oxygens (including phenoxy) is 1. The van der Waals surface area contributed by atoms with E-state index in [9.17, 15) is 27.9 Å². The van der Waals surface area contributed by atoms with Crippen LogP contribution in [0.3, 0.4) is 0 Å². The third kappa shape index (κ3) is 6.97. The van der Waals surface area contributed by atoms with Crippen molar-refractivity contribution in [1.82, 2.24) is 4.90 Å². The number of thiophene rings is 1. The molecule has 3 aliphatic carbocycles. The first-order valence-electron chi connectivity index (χ1n) is 17.7. The van der Waals surface area contributed by atoms with Crippen LogP contribution in [0.25, 0.3) is 11.3 Å². The van der Waals surface area contributed by atoms with E-state index in [0.29, 0.717) is 50.8 Å². The van der Waals surface area contributed by atoms with Gasteiger partial charge in [0.1, 0.15) is 11.4 Å². The monoisotopic (exact) mass is 751 g/mol. The van der Waals surface area contributed by atoms with Gasteiger partial charge in [-0.15, -0.1) is 11.3 Å². The molecular weight excluding hydrogens is 711 g/mol. The molecule has 4 aliphatic rings. The van der Waals surface area contributed by atoms with Gasteiger partial charge in [-0.05, 0) is 123 Å². The Morgan fingerprint density at radius 2 is 1.92 bits per heavy atom. The van der Waals surface area contributed by atoms with Crippen LogP contribution in [0.4, 0.5) is 18.0 Å². The lowest BCUT2D eigenvalue weighted by Gasteiger charge is -2.43. The number of amides is 1. The molecule has 0 radical (unpaired) electrons. The zero-order chi connectivity index (χ0) is 36.8. The number of aliphatic hydroxyl groups excluding tert-OH is 1. The molecule has 4 aromatic rings. The van der Waals surface area contributed by atoms with Crippen LogP contribution in [-0.2, 0) is 23.8 Å². The molecule has 1 amide bonds. The highest BCUT2D eigenvalue weighted by molar-refractivity contribution is 7.09. The first kappa shape index (κ1) is 36.5. The molecule has 4 atom stereocenters. The van der Waals surface area contributed by atoms with Crippen molar-refractivity contribution >= 4 is 34.8 Å². The van der Waals surface area contributed by atoms with Crippen LogP contribution in [0.1, 0.15) is 96.0 Å². The topological polar surface area (TPSA) is 80.0 Å². The predicted molar refractivity (Wildman–Crippen MR) is 195 cm³/mol. The molecule has 11 heteroatoms. The van der Waals surface area contributed by atoms with Crippen molar-refractivity contribution in [3.8, 4) is 11.3 Å². The molecule has 1 N–H and O–H groups in total. The zero-order valence-electron chi connectivity index (χ0n) is 29.1. The van der Waals surface area contributed by atoms with Crippen molar-refractivity contribution in [1.29, 1.82) is 0 Å². The van der Waals surface area contributed by atoms with E-state index in [2.05, 4.69) is 26.0 Å². The summed E-state index contributed by atoms with van der Waals surface area (Å²) < 4.78 is 53.1. The van der Waals surface area contributed by atoms with Crippen LogP contribution >= 0.6 is 22.9 Å². The number of nitrogens with zero attached hydrogens (tertiary/aromatic N) is 1. The second kappa shape index (κ2) is 14.2. The maximum atomic E-state index is 14.5. The third-order valence-corrected chi connectivity index (χ3v) is 12.7. The molecule has 274 valence electrons. The number of fused-ring (bicyclic) bond motifs is 8. The normalized spacial score (nSPS) is 25.2. The van der Waals surface area contributed by atoms with Gasteiger partial charge in [0.25, 0.3) is 0 Å². The summed E-state index contributed by atoms with van der Waals surface area (Å²) in [6.07, 6.45) is 1.84. The van der Waals surface area contributed by atoms with Gasteiger partial charge in [0.05, 0.1) is 23.2 Å². The second-order valence-electron chi connectivity index (χ2n) is 14.7. The minimum absolute atomic E-state index is 0.0300. The summed E-state index contributed by atoms with van der Waals surface area (Å²) in [4.78, 5) is 31.0. The minimum Gasteiger partial charge on any atom is -0.453 e. The molecule has 1 aliphatic heterocycles. The Kier molecular flexibility index (Phi) is 9.95. The number of alkyl halides is 3. The summed E-state index contributed by atoms with van der Waals surface area (Å²) in [5.41, 5.74) is 1.02. The zero-order valence-corrected chi connectivity index (χ0v) is 30.7. The maximum absolute atomic E-state index is 14.5. The van der Waals surface area contributed by atoms with E-state index >= 15 is 0 Å². The number of benzene rings is 2. The molecule has 1 spiro atoms. The first-order valence-corrected chi connectivity index (χ1v) is 19.0. The Bertz CT molecular complexity index is 2000. The van der Waals surface area contributed by atoms with Crippen LogP contribution in [0.5, 0.6) is 0 Å². The standard InChI is InChI=1S/C41H41ClF3NO5S/c1-25-5-3-17-39(2)33(15-18-40(39)24-46(38(49)51-40)19-16-29-6-4-20-52-29)30-11-8-26(21-28(47)10-7-25)22-31(30)37(48)36-14-13-35(50-36)32-23-27(41(43,44)45)9-12-34(32)42/h4-6,8-9,11-14,20,22-23,28,33,47H,3,7,10,15-19,21,24H2,1-2H3. The largest absolute Gasteiger partial charge is 0.453 e. The van der Waals surface area contributed by atoms with E-state index < -0.39 is 34.6 Å². The average Bonchev–Trinajstić information content (AvgIpc) is 3.91. The van der Waals surface area contributed by atoms with Gasteiger partial charge in [0.2, 0.25) is 5.78 Å². The number of hydrogen-bond acceptors (Lipinski definition) is 6. The van der Waals surface area contributed by atoms with E-state index in [1.807, 2.05) is 34.5 Å². The molecule has 3 heterocycles. The van der Waals surface area contributed by atoms with Gasteiger partial charge in [-0.3, -0.25) is 4.79 Å². The van der Waals surface area contributed by atoms with Crippen LogP contribution in [0.15, 0.2) is 82.1 Å². The lowest BCUT2D eigenvalue weighted by atomic mass is 9.65. The number of carbonyl (C=O) groups is 2. The van der Waals surface area contributed by atoms with Crippen molar-refractivity contribution < 1.29 is 37.0 Å². The Hall–Kier alpha value is -3.86. The Morgan fingerprint density at radius 1 is 1.10 bits per heavy atom. The molecule has 6 nitrogen and oxygen atoms in total. The summed E-state index contributed by atoms with van der Waals surface area (Å²) in [6, 6.07) is 15.7. The molecule has 52 heavy (non-hydrogen) atoms. The van der Waals surface area contributed by atoms with E-state index in [0.717, 1.165) is 48.6 Å². The molecule has 2 bridgehead atoms. The smallest absolute Gasteiger partial charge is 0.416 e. The molecule has 1 saturated carbocycles. The molecule has 2 aromatic heterocycles. The number of halogens is 4. The van der Waals surface area contributed by atoms with Crippen LogP contribution < -0.4 is 0 Å². The summed E-state index contributed by atoms with van der Waals surface area (Å²) in [7, 11) is 0. The Morgan fingerprint density at radius 3 is 2.69 bits per heavy atom. The fourth-order valence-electron chi connectivity index (χ4n) is 8.48. The Labute approximate surface area is 310 Å². The first-order chi connectivity index (χ1) is 24.8. The summed E-state index contributed by atoms with van der Waals surface area (Å²) in [6.45, 7) is 5.28. The van der Waals surface area contributed by atoms with Gasteiger partial charge < -0.3 is 19.2 Å². The number of aliphatic hydroxyl groups is 1. The SMILES string of the molecule is CC1=CCCC2(C)C(CCC23CN(CCc2cccs2)C(=O)O3)c2ccc(cc2C(=O)c2ccc(-c3cc(C(F)(F)F)ccc3Cl)o2)CC(O)CC1. The number of carbonyl (C=O) groups excluding carboxylic acids is 2. The fourth-order valence-corrected chi connectivity index (χ4v) is 9.39. The van der Waals surface area contributed by atoms with Crippen molar-refractivity contribution in [3.05, 3.63) is 116 Å². The van der Waals surface area contributed by atoms with Crippen molar-refractivity contribution in [2.75, 3.05) is 13.1 Å². The number of rotatable bonds is 6. The van der Waals surface area contributed by atoms with Gasteiger partial charge in [0, 0.05) is 28.0 Å². The number of ketones is 1. The lowest BCUT2D eigenvalue weighted by Crippen LogP contribution is -2.48. The molecule has 8 rings (SSSR count). The minimum atomic E-state index is -4.58. The molecule has 4 unspecified atom stereocenters. The van der Waals surface area contributed by atoms with Crippen LogP contribution in [0, 0.1) is 5.41 Å². The van der Waals surface area contributed by atoms with Gasteiger partial charge in [0.15, 0.2) is 5.76 Å². The van der Waals surface area contributed by atoms with Crippen molar-refractivity contribution in [2.24, 2.45) is 5.41 Å². The number of furan rings is 1. The van der Waals surface area contributed by atoms with Gasteiger partial charge in [-0.1, -0.05) is 48.4 Å². The summed E-state index contributed by atoms with van der Waals surface area (Å²) >= 11 is 7.98. The van der Waals surface area contributed by atoms with E-state index in [1.54, 1.807) is 11.3 Å². The summed E-state index contributed by atoms with van der Waals surface area (Å²) in [5.74, 6) is -0.585. The van der Waals surface area contributed by atoms with Gasteiger partial charge >= 0.3 is 12.3 Å². The van der Waals surface area contributed by atoms with Gasteiger partial charge in [-0.2, -0.15) is 13.2 Å². The highest BCUT2D eigenvalue weighted by Crippen LogP contribution is 2.61. The van der Waals surface area contributed by atoms with Crippen LogP contribution in [0.2, 0.25) is 5.02 Å². The molecular formula is C41H41ClF3NO5S. The van der Waals surface area contributed by atoms with E-state index in [1.165, 1.54) is 22.6 Å². The molecule has 2 aromatic carbocycles. The number of allylic oxidation sites excluding steroid dienone is 2. The number of hydrogen-bond donors (Lipinski definition) is 1. The van der Waals surface area contributed by atoms with E-state index in [-0.39, 0.29) is 34.1 Å². The maximum Gasteiger partial charge on any atom is 0.416 e. The van der Waals surface area contributed by atoms with Crippen molar-refractivity contribution in [3.63, 3.8) is 0 Å². The lowest BCUT2D eigenvalue weighted by molar-refractivity contribution is -0.137. The average molecular weight is 752 g/mol. The highest BCUT2D eigenvalue weighted by Gasteiger charge is 2.63. The molecule has 1 saturated heterocycles. The molecule has 2 fully saturated rings. The quantitative estimate of drug-likeness (QED) is 0.157.